The molecule has 1 heterocycles. The van der Waals surface area contributed by atoms with Crippen LogP contribution < -0.4 is 15.7 Å². The number of carbonyl (C=O) groups is 1. The van der Waals surface area contributed by atoms with Crippen LogP contribution in [0.1, 0.15) is 9.67 Å². The lowest BCUT2D eigenvalue weighted by atomic mass is 10.2. The van der Waals surface area contributed by atoms with Gasteiger partial charge in [-0.05, 0) is 23.7 Å². The Morgan fingerprint density at radius 3 is 2.71 bits per heavy atom. The number of rotatable bonds is 3. The molecular weight excluding hydrogens is 314 g/mol. The zero-order chi connectivity index (χ0) is 15.4. The number of nitro groups is 1. The number of thiocarbonyl (C=S) groups is 1. The third-order valence-corrected chi connectivity index (χ3v) is 3.47. The first kappa shape index (κ1) is 14.9. The lowest BCUT2D eigenvalue weighted by Gasteiger charge is -2.15. The van der Waals surface area contributed by atoms with E-state index in [1.54, 1.807) is 17.5 Å². The molecule has 0 atom stereocenters. The summed E-state index contributed by atoms with van der Waals surface area (Å²) in [6.45, 7) is 0. The van der Waals surface area contributed by atoms with E-state index >= 15 is 0 Å². The van der Waals surface area contributed by atoms with E-state index in [2.05, 4.69) is 10.6 Å². The fourth-order valence-electron chi connectivity index (χ4n) is 1.46. The summed E-state index contributed by atoms with van der Waals surface area (Å²) in [7, 11) is 0. The molecule has 21 heavy (non-hydrogen) atoms. The first-order valence-electron chi connectivity index (χ1n) is 5.58. The van der Waals surface area contributed by atoms with Gasteiger partial charge < -0.3 is 10.4 Å². The number of non-ortho nitro benzene ring substituents is 1. The maximum Gasteiger partial charge on any atom is 0.271 e. The van der Waals surface area contributed by atoms with Crippen LogP contribution in [0.3, 0.4) is 0 Å². The van der Waals surface area contributed by atoms with Crippen molar-refractivity contribution in [2.75, 3.05) is 5.32 Å². The zero-order valence-corrected chi connectivity index (χ0v) is 12.0. The molecule has 0 fully saturated rings. The van der Waals surface area contributed by atoms with E-state index in [0.29, 0.717) is 4.88 Å². The Labute approximate surface area is 128 Å². The van der Waals surface area contributed by atoms with Gasteiger partial charge in [-0.15, -0.1) is 11.3 Å². The van der Waals surface area contributed by atoms with Crippen LogP contribution in [0, 0.1) is 10.1 Å². The number of hydrogen-bond acceptors (Lipinski definition) is 6. The molecule has 2 aromatic rings. The van der Waals surface area contributed by atoms with Crippen LogP contribution in [0.25, 0.3) is 0 Å². The van der Waals surface area contributed by atoms with Gasteiger partial charge in [0, 0.05) is 17.8 Å². The molecule has 0 aliphatic carbocycles. The van der Waals surface area contributed by atoms with Gasteiger partial charge in [0.05, 0.1) is 9.80 Å². The van der Waals surface area contributed by atoms with Gasteiger partial charge in [-0.3, -0.25) is 20.2 Å². The fraction of sp³-hybridized carbons (Fsp3) is 0. The topological polar surface area (TPSA) is 107 Å². The molecule has 0 aliphatic rings. The third kappa shape index (κ3) is 3.74. The highest BCUT2D eigenvalue weighted by Crippen LogP contribution is 2.25. The lowest BCUT2D eigenvalue weighted by Crippen LogP contribution is -2.33. The van der Waals surface area contributed by atoms with E-state index in [1.165, 1.54) is 11.3 Å². The summed E-state index contributed by atoms with van der Waals surface area (Å²) >= 11 is 6.15. The van der Waals surface area contributed by atoms with Crippen LogP contribution in [0.15, 0.2) is 35.7 Å². The first-order chi connectivity index (χ1) is 9.97. The van der Waals surface area contributed by atoms with Crippen LogP contribution in [0.4, 0.5) is 11.4 Å². The molecule has 0 radical (unpaired) electrons. The molecule has 108 valence electrons. The van der Waals surface area contributed by atoms with E-state index in [-0.39, 0.29) is 16.5 Å². The highest BCUT2D eigenvalue weighted by molar-refractivity contribution is 7.80. The van der Waals surface area contributed by atoms with Crippen molar-refractivity contribution < 1.29 is 14.8 Å². The van der Waals surface area contributed by atoms with Crippen molar-refractivity contribution in [2.24, 2.45) is 0 Å². The summed E-state index contributed by atoms with van der Waals surface area (Å²) in [6, 6.07) is 6.55. The number of hydrogen-bond donors (Lipinski definition) is 2. The van der Waals surface area contributed by atoms with Crippen LogP contribution in [0.2, 0.25) is 0 Å². The van der Waals surface area contributed by atoms with Gasteiger partial charge in [0.15, 0.2) is 5.11 Å². The Hall–Kier alpha value is -2.52. The summed E-state index contributed by atoms with van der Waals surface area (Å²) in [6.07, 6.45) is 0. The quantitative estimate of drug-likeness (QED) is 0.507. The molecule has 1 amide bonds. The summed E-state index contributed by atoms with van der Waals surface area (Å²) < 4.78 is 0. The normalized spacial score (nSPS) is 9.90. The molecule has 7 nitrogen and oxygen atoms in total. The maximum atomic E-state index is 11.8. The third-order valence-electron chi connectivity index (χ3n) is 2.39. The number of nitrogens with one attached hydrogen (secondary N) is 2. The second-order valence-electron chi connectivity index (χ2n) is 3.82. The van der Waals surface area contributed by atoms with Crippen LogP contribution >= 0.6 is 23.6 Å². The fourth-order valence-corrected chi connectivity index (χ4v) is 2.28. The molecule has 2 N–H and O–H groups in total. The summed E-state index contributed by atoms with van der Waals surface area (Å²) in [4.78, 5) is 22.2. The predicted molar refractivity (Wildman–Crippen MR) is 80.5 cm³/mol. The number of nitro benzene ring substituents is 1. The average molecular weight is 322 g/mol. The van der Waals surface area contributed by atoms with Crippen molar-refractivity contribution in [1.29, 1.82) is 0 Å². The monoisotopic (exact) mass is 322 g/mol. The smallest absolute Gasteiger partial charge is 0.271 e. The number of carbonyl (C=O) groups excluding carboxylic acids is 1. The van der Waals surface area contributed by atoms with Gasteiger partial charge in [0.1, 0.15) is 0 Å². The molecule has 1 aromatic heterocycles. The van der Waals surface area contributed by atoms with Crippen molar-refractivity contribution >= 4 is 45.9 Å². The number of anilines is 1. The number of amides is 1. The molecule has 0 saturated heterocycles. The SMILES string of the molecule is O=C(NC(=S)Nc1cc([N+](=O)[O-])ccc1[O-])c1cccs1. The molecule has 9 heteroatoms. The Morgan fingerprint density at radius 1 is 1.33 bits per heavy atom. The molecular formula is C12H8N3O4S2-. The highest BCUT2D eigenvalue weighted by Gasteiger charge is 2.11. The molecule has 1 aromatic carbocycles. The molecule has 0 unspecified atom stereocenters. The number of benzene rings is 1. The second kappa shape index (κ2) is 6.29. The van der Waals surface area contributed by atoms with Crippen LogP contribution in [0.5, 0.6) is 5.75 Å². The Morgan fingerprint density at radius 2 is 2.10 bits per heavy atom. The van der Waals surface area contributed by atoms with Gasteiger partial charge in [-0.1, -0.05) is 17.9 Å². The summed E-state index contributed by atoms with van der Waals surface area (Å²) in [5.74, 6) is -0.881. The van der Waals surface area contributed by atoms with E-state index in [9.17, 15) is 20.0 Å². The molecule has 0 saturated carbocycles. The highest BCUT2D eigenvalue weighted by atomic mass is 32.1. The van der Waals surface area contributed by atoms with Crippen molar-refractivity contribution in [3.63, 3.8) is 0 Å². The lowest BCUT2D eigenvalue weighted by molar-refractivity contribution is -0.385. The van der Waals surface area contributed by atoms with Gasteiger partial charge in [-0.2, -0.15) is 0 Å². The molecule has 2 rings (SSSR count). The van der Waals surface area contributed by atoms with Gasteiger partial charge in [0.25, 0.3) is 11.6 Å². The molecule has 0 spiro atoms. The van der Waals surface area contributed by atoms with E-state index in [0.717, 1.165) is 18.2 Å². The Bertz CT molecular complexity index is 701. The predicted octanol–water partition coefficient (Wildman–Crippen LogP) is 1.86. The number of nitrogens with zero attached hydrogens (tertiary/aromatic N) is 1. The summed E-state index contributed by atoms with van der Waals surface area (Å²) in [5.41, 5.74) is -0.315. The van der Waals surface area contributed by atoms with E-state index in [4.69, 9.17) is 12.2 Å². The molecule has 0 aliphatic heterocycles. The van der Waals surface area contributed by atoms with Crippen molar-refractivity contribution in [3.8, 4) is 5.75 Å². The summed E-state index contributed by atoms with van der Waals surface area (Å²) in [5, 5.41) is 28.8. The minimum absolute atomic E-state index is 0.0688. The largest absolute Gasteiger partial charge is 0.871 e. The Kier molecular flexibility index (Phi) is 4.45. The van der Waals surface area contributed by atoms with Gasteiger partial charge in [-0.25, -0.2) is 0 Å². The van der Waals surface area contributed by atoms with Crippen LogP contribution in [-0.4, -0.2) is 15.9 Å². The Balaban J connectivity index is 2.07. The molecule has 0 bridgehead atoms. The maximum absolute atomic E-state index is 11.8. The van der Waals surface area contributed by atoms with E-state index in [1.807, 2.05) is 0 Å². The van der Waals surface area contributed by atoms with Crippen molar-refractivity contribution in [3.05, 3.63) is 50.7 Å². The average Bonchev–Trinajstić information content (AvgIpc) is 2.95. The minimum atomic E-state index is -0.627. The van der Waals surface area contributed by atoms with Gasteiger partial charge in [0.2, 0.25) is 0 Å². The van der Waals surface area contributed by atoms with Gasteiger partial charge >= 0.3 is 0 Å². The number of thiophene rings is 1. The van der Waals surface area contributed by atoms with Crippen LogP contribution in [-0.2, 0) is 0 Å². The minimum Gasteiger partial charge on any atom is -0.871 e. The van der Waals surface area contributed by atoms with Crippen molar-refractivity contribution in [2.45, 2.75) is 0 Å². The van der Waals surface area contributed by atoms with Crippen molar-refractivity contribution in [1.82, 2.24) is 5.32 Å². The van der Waals surface area contributed by atoms with E-state index < -0.39 is 16.6 Å². The zero-order valence-electron chi connectivity index (χ0n) is 10.4. The first-order valence-corrected chi connectivity index (χ1v) is 6.87. The second-order valence-corrected chi connectivity index (χ2v) is 5.18. The standard InChI is InChI=1S/C12H9N3O4S2/c16-9-4-3-7(15(18)19)6-8(9)13-12(20)14-11(17)10-2-1-5-21-10/h1-6,16H,(H2,13,14,17,20)/p-1.